The van der Waals surface area contributed by atoms with Crippen LogP contribution in [-0.2, 0) is 0 Å². The van der Waals surface area contributed by atoms with Crippen LogP contribution in [-0.4, -0.2) is 13.0 Å². The quantitative estimate of drug-likeness (QED) is 0.751. The fraction of sp³-hybridized carbons (Fsp3) is 0.105. The van der Waals surface area contributed by atoms with Crippen molar-refractivity contribution in [2.75, 3.05) is 12.4 Å². The lowest BCUT2D eigenvalue weighted by Crippen LogP contribution is -2.37. The molecule has 0 spiro atoms. The number of thiophene rings is 1. The normalized spacial score (nSPS) is 16.0. The second-order valence-electron chi connectivity index (χ2n) is 5.54. The fourth-order valence-electron chi connectivity index (χ4n) is 2.85. The number of hydrogen-bond donors (Lipinski definition) is 2. The summed E-state index contributed by atoms with van der Waals surface area (Å²) < 4.78 is 5.18. The van der Waals surface area contributed by atoms with Crippen molar-refractivity contribution >= 4 is 22.2 Å². The number of anilines is 1. The van der Waals surface area contributed by atoms with E-state index in [1.54, 1.807) is 18.4 Å². The fourth-order valence-corrected chi connectivity index (χ4v) is 3.85. The molecule has 0 bridgehead atoms. The van der Waals surface area contributed by atoms with Gasteiger partial charge in [0.2, 0.25) is 0 Å². The maximum atomic E-state index is 12.7. The molecule has 0 unspecified atom stereocenters. The van der Waals surface area contributed by atoms with Crippen molar-refractivity contribution in [3.05, 3.63) is 71.1 Å². The average Bonchev–Trinajstić information content (AvgIpc) is 3.07. The van der Waals surface area contributed by atoms with Crippen LogP contribution in [0.4, 0.5) is 5.00 Å². The number of benzene rings is 2. The van der Waals surface area contributed by atoms with E-state index in [1.165, 1.54) is 0 Å². The number of carbonyl (C=O) groups is 1. The van der Waals surface area contributed by atoms with Crippen molar-refractivity contribution in [2.45, 2.75) is 6.17 Å². The number of hydrogen-bond acceptors (Lipinski definition) is 4. The predicted octanol–water partition coefficient (Wildman–Crippen LogP) is 4.28. The van der Waals surface area contributed by atoms with Crippen LogP contribution >= 0.6 is 11.3 Å². The second-order valence-corrected chi connectivity index (χ2v) is 6.42. The summed E-state index contributed by atoms with van der Waals surface area (Å²) in [6.45, 7) is 0. The molecule has 1 aliphatic heterocycles. The van der Waals surface area contributed by atoms with Crippen molar-refractivity contribution in [1.29, 1.82) is 0 Å². The maximum Gasteiger partial charge on any atom is 0.256 e. The van der Waals surface area contributed by atoms with E-state index in [0.29, 0.717) is 0 Å². The van der Waals surface area contributed by atoms with E-state index >= 15 is 0 Å². The zero-order chi connectivity index (χ0) is 16.5. The molecule has 1 amide bonds. The third kappa shape index (κ3) is 2.53. The summed E-state index contributed by atoms with van der Waals surface area (Å²) in [5, 5.41) is 9.39. The van der Waals surface area contributed by atoms with Gasteiger partial charge in [-0.15, -0.1) is 11.3 Å². The molecule has 2 aromatic carbocycles. The molecular weight excluding hydrogens is 320 g/mol. The Hall–Kier alpha value is -2.79. The molecule has 0 aliphatic carbocycles. The highest BCUT2D eigenvalue weighted by Gasteiger charge is 2.29. The van der Waals surface area contributed by atoms with Crippen LogP contribution in [0.25, 0.3) is 11.1 Å². The van der Waals surface area contributed by atoms with Crippen molar-refractivity contribution in [3.8, 4) is 16.9 Å². The summed E-state index contributed by atoms with van der Waals surface area (Å²) in [7, 11) is 1.64. The second kappa shape index (κ2) is 6.02. The Bertz CT molecular complexity index is 872. The first-order chi connectivity index (χ1) is 11.8. The number of methoxy groups -OCH3 is 1. The summed E-state index contributed by atoms with van der Waals surface area (Å²) in [6.07, 6.45) is -0.238. The summed E-state index contributed by atoms with van der Waals surface area (Å²) in [5.74, 6) is 0.744. The van der Waals surface area contributed by atoms with Crippen molar-refractivity contribution in [3.63, 3.8) is 0 Å². The summed E-state index contributed by atoms with van der Waals surface area (Å²) in [6, 6.07) is 17.7. The molecule has 1 atom stereocenters. The van der Waals surface area contributed by atoms with E-state index in [2.05, 4.69) is 10.6 Å². The molecule has 0 saturated heterocycles. The van der Waals surface area contributed by atoms with E-state index in [-0.39, 0.29) is 12.1 Å². The first-order valence-corrected chi connectivity index (χ1v) is 8.52. The molecule has 120 valence electrons. The van der Waals surface area contributed by atoms with Crippen molar-refractivity contribution in [1.82, 2.24) is 5.32 Å². The predicted molar refractivity (Wildman–Crippen MR) is 96.6 cm³/mol. The lowest BCUT2D eigenvalue weighted by atomic mass is 10.0. The van der Waals surface area contributed by atoms with Gasteiger partial charge in [-0.3, -0.25) is 4.79 Å². The maximum absolute atomic E-state index is 12.7. The zero-order valence-electron chi connectivity index (χ0n) is 13.1. The molecule has 1 aromatic heterocycles. The molecule has 24 heavy (non-hydrogen) atoms. The number of rotatable bonds is 3. The van der Waals surface area contributed by atoms with Crippen LogP contribution in [0.2, 0.25) is 0 Å². The smallest absolute Gasteiger partial charge is 0.256 e. The van der Waals surface area contributed by atoms with E-state index in [1.807, 2.05) is 60.0 Å². The van der Waals surface area contributed by atoms with Crippen LogP contribution in [0.5, 0.6) is 5.75 Å². The Kier molecular flexibility index (Phi) is 3.70. The number of amides is 1. The molecule has 2 N–H and O–H groups in total. The molecule has 4 rings (SSSR count). The summed E-state index contributed by atoms with van der Waals surface area (Å²) >= 11 is 1.56. The largest absolute Gasteiger partial charge is 0.497 e. The van der Waals surface area contributed by atoms with Gasteiger partial charge in [-0.05, 0) is 23.3 Å². The summed E-state index contributed by atoms with van der Waals surface area (Å²) in [5.41, 5.74) is 3.73. The molecule has 1 aliphatic rings. The topological polar surface area (TPSA) is 50.4 Å². The van der Waals surface area contributed by atoms with E-state index in [9.17, 15) is 4.79 Å². The average molecular weight is 336 g/mol. The van der Waals surface area contributed by atoms with E-state index in [4.69, 9.17) is 4.74 Å². The van der Waals surface area contributed by atoms with Gasteiger partial charge in [0, 0.05) is 10.9 Å². The molecular formula is C19H16N2O2S. The van der Waals surface area contributed by atoms with Gasteiger partial charge in [0.05, 0.1) is 12.7 Å². The van der Waals surface area contributed by atoms with Gasteiger partial charge in [0.1, 0.15) is 16.9 Å². The first-order valence-electron chi connectivity index (χ1n) is 7.64. The zero-order valence-corrected chi connectivity index (χ0v) is 13.9. The van der Waals surface area contributed by atoms with Crippen molar-refractivity contribution < 1.29 is 9.53 Å². The minimum atomic E-state index is -0.238. The van der Waals surface area contributed by atoms with Gasteiger partial charge < -0.3 is 15.4 Å². The molecule has 4 nitrogen and oxygen atoms in total. The molecule has 0 fully saturated rings. The van der Waals surface area contributed by atoms with Gasteiger partial charge in [0.15, 0.2) is 0 Å². The van der Waals surface area contributed by atoms with Crippen LogP contribution in [0, 0.1) is 0 Å². The van der Waals surface area contributed by atoms with Gasteiger partial charge in [-0.2, -0.15) is 0 Å². The third-order valence-corrected chi connectivity index (χ3v) is 5.01. The van der Waals surface area contributed by atoms with Crippen LogP contribution in [0.1, 0.15) is 22.1 Å². The van der Waals surface area contributed by atoms with Crippen molar-refractivity contribution in [2.24, 2.45) is 0 Å². The lowest BCUT2D eigenvalue weighted by molar-refractivity contribution is 0.0937. The van der Waals surface area contributed by atoms with Gasteiger partial charge in [0.25, 0.3) is 5.91 Å². The standard InChI is InChI=1S/C19H16N2O2S/c1-23-14-9-7-13(8-10-14)17-20-18(22)16-15(11-24-19(16)21-17)12-5-3-2-4-6-12/h2-11,17,21H,1H3,(H,20,22)/t17-/m1/s1. The Labute approximate surface area is 144 Å². The molecule has 5 heteroatoms. The molecule has 2 heterocycles. The van der Waals surface area contributed by atoms with Crippen LogP contribution in [0.15, 0.2) is 60.0 Å². The number of fused-ring (bicyclic) bond motifs is 1. The van der Waals surface area contributed by atoms with Crippen LogP contribution in [0.3, 0.4) is 0 Å². The highest BCUT2D eigenvalue weighted by Crippen LogP contribution is 2.39. The Morgan fingerprint density at radius 3 is 2.46 bits per heavy atom. The van der Waals surface area contributed by atoms with E-state index in [0.717, 1.165) is 33.0 Å². The molecule has 0 radical (unpaired) electrons. The van der Waals surface area contributed by atoms with Gasteiger partial charge in [-0.25, -0.2) is 0 Å². The molecule has 3 aromatic rings. The summed E-state index contributed by atoms with van der Waals surface area (Å²) in [4.78, 5) is 12.7. The Balaban J connectivity index is 1.66. The highest BCUT2D eigenvalue weighted by atomic mass is 32.1. The van der Waals surface area contributed by atoms with Gasteiger partial charge >= 0.3 is 0 Å². The lowest BCUT2D eigenvalue weighted by Gasteiger charge is -2.26. The number of ether oxygens (including phenoxy) is 1. The number of nitrogens with one attached hydrogen (secondary N) is 2. The minimum Gasteiger partial charge on any atom is -0.497 e. The van der Waals surface area contributed by atoms with E-state index < -0.39 is 0 Å². The Morgan fingerprint density at radius 2 is 1.75 bits per heavy atom. The monoisotopic (exact) mass is 336 g/mol. The number of carbonyl (C=O) groups excluding carboxylic acids is 1. The highest BCUT2D eigenvalue weighted by molar-refractivity contribution is 7.15. The van der Waals surface area contributed by atoms with Gasteiger partial charge in [-0.1, -0.05) is 42.5 Å². The minimum absolute atomic E-state index is 0.0512. The SMILES string of the molecule is COc1ccc([C@@H]2NC(=O)c3c(-c4ccccc4)csc3N2)cc1. The third-order valence-electron chi connectivity index (χ3n) is 4.10. The Morgan fingerprint density at radius 1 is 1.00 bits per heavy atom. The van der Waals surface area contributed by atoms with Crippen LogP contribution < -0.4 is 15.4 Å². The molecule has 0 saturated carbocycles. The first kappa shape index (κ1) is 14.8.